The predicted octanol–water partition coefficient (Wildman–Crippen LogP) is 2.63. The zero-order chi connectivity index (χ0) is 12.7. The first-order valence-electron chi connectivity index (χ1n) is 5.86. The number of halogens is 1. The molecule has 1 unspecified atom stereocenters. The van der Waals surface area contributed by atoms with Crippen LogP contribution in [-0.4, -0.2) is 19.0 Å². The summed E-state index contributed by atoms with van der Waals surface area (Å²) in [4.78, 5) is 10.7. The Labute approximate surface area is 111 Å². The maximum absolute atomic E-state index is 10.7. The number of hydrogen-bond donors (Lipinski definition) is 2. The van der Waals surface area contributed by atoms with E-state index in [1.807, 2.05) is 12.1 Å². The van der Waals surface area contributed by atoms with Gasteiger partial charge < -0.3 is 10.6 Å². The zero-order valence-electron chi connectivity index (χ0n) is 10.3. The molecule has 0 aromatic heterocycles. The molecule has 0 radical (unpaired) electrons. The smallest absolute Gasteiger partial charge is 0.216 e. The van der Waals surface area contributed by atoms with Crippen LogP contribution in [0, 0.1) is 0 Å². The quantitative estimate of drug-likeness (QED) is 0.793. The highest BCUT2D eigenvalue weighted by Crippen LogP contribution is 2.18. The number of carbonyl (C=O) groups excluding carboxylic acids is 1. The van der Waals surface area contributed by atoms with Gasteiger partial charge in [-0.25, -0.2) is 0 Å². The van der Waals surface area contributed by atoms with Gasteiger partial charge in [0.2, 0.25) is 5.91 Å². The Morgan fingerprint density at radius 3 is 2.47 bits per heavy atom. The van der Waals surface area contributed by atoms with Crippen molar-refractivity contribution in [1.29, 1.82) is 0 Å². The van der Waals surface area contributed by atoms with Crippen molar-refractivity contribution in [2.45, 2.75) is 26.3 Å². The molecule has 0 aliphatic heterocycles. The van der Waals surface area contributed by atoms with Crippen LogP contribution in [0.4, 0.5) is 0 Å². The van der Waals surface area contributed by atoms with Gasteiger partial charge in [0, 0.05) is 30.5 Å². The van der Waals surface area contributed by atoms with Gasteiger partial charge >= 0.3 is 0 Å². The normalized spacial score (nSPS) is 12.2. The zero-order valence-corrected chi connectivity index (χ0v) is 11.9. The fraction of sp³-hybridized carbons (Fsp3) is 0.462. The Kier molecular flexibility index (Phi) is 6.22. The number of hydrogen-bond acceptors (Lipinski definition) is 2. The molecule has 0 saturated heterocycles. The second-order valence-electron chi connectivity index (χ2n) is 3.95. The molecule has 0 fully saturated rings. The molecule has 0 saturated carbocycles. The van der Waals surface area contributed by atoms with Gasteiger partial charge in [0.05, 0.1) is 0 Å². The van der Waals surface area contributed by atoms with Crippen LogP contribution in [0.5, 0.6) is 0 Å². The van der Waals surface area contributed by atoms with Crippen LogP contribution in [-0.2, 0) is 4.79 Å². The lowest BCUT2D eigenvalue weighted by molar-refractivity contribution is -0.118. The van der Waals surface area contributed by atoms with E-state index in [2.05, 4.69) is 45.6 Å². The molecule has 0 aliphatic rings. The molecule has 0 bridgehead atoms. The summed E-state index contributed by atoms with van der Waals surface area (Å²) in [6.45, 7) is 5.14. The van der Waals surface area contributed by atoms with Crippen LogP contribution in [0.15, 0.2) is 28.7 Å². The molecule has 4 heteroatoms. The first kappa shape index (κ1) is 14.2. The number of rotatable bonds is 6. The van der Waals surface area contributed by atoms with Crippen LogP contribution in [0.2, 0.25) is 0 Å². The number of carbonyl (C=O) groups is 1. The van der Waals surface area contributed by atoms with E-state index < -0.39 is 0 Å². The van der Waals surface area contributed by atoms with E-state index in [1.54, 1.807) is 0 Å². The molecular weight excluding hydrogens is 280 g/mol. The standard InChI is InChI=1S/C13H19BrN2O/c1-3-13(16-9-8-15-10(2)17)11-4-6-12(14)7-5-11/h4-7,13,16H,3,8-9H2,1-2H3,(H,15,17). The largest absolute Gasteiger partial charge is 0.355 e. The maximum atomic E-state index is 10.7. The minimum atomic E-state index is 0.0171. The molecule has 1 amide bonds. The van der Waals surface area contributed by atoms with E-state index in [-0.39, 0.29) is 5.91 Å². The monoisotopic (exact) mass is 298 g/mol. The first-order valence-corrected chi connectivity index (χ1v) is 6.66. The molecule has 1 rings (SSSR count). The molecule has 0 heterocycles. The highest BCUT2D eigenvalue weighted by atomic mass is 79.9. The third-order valence-corrected chi connectivity index (χ3v) is 3.10. The van der Waals surface area contributed by atoms with Gasteiger partial charge in [-0.2, -0.15) is 0 Å². The van der Waals surface area contributed by atoms with Gasteiger partial charge in [-0.1, -0.05) is 35.0 Å². The Hall–Kier alpha value is -0.870. The second kappa shape index (κ2) is 7.45. The first-order chi connectivity index (χ1) is 8.13. The fourth-order valence-electron chi connectivity index (χ4n) is 1.68. The lowest BCUT2D eigenvalue weighted by atomic mass is 10.0. The summed E-state index contributed by atoms with van der Waals surface area (Å²) in [5.41, 5.74) is 1.28. The molecule has 3 nitrogen and oxygen atoms in total. The van der Waals surface area contributed by atoms with Gasteiger partial charge in [0.15, 0.2) is 0 Å². The molecule has 1 aromatic carbocycles. The molecule has 1 atom stereocenters. The van der Waals surface area contributed by atoms with E-state index >= 15 is 0 Å². The summed E-state index contributed by atoms with van der Waals surface area (Å²) < 4.78 is 1.09. The highest BCUT2D eigenvalue weighted by molar-refractivity contribution is 9.10. The topological polar surface area (TPSA) is 41.1 Å². The van der Waals surface area contributed by atoms with Gasteiger partial charge in [-0.05, 0) is 24.1 Å². The average molecular weight is 299 g/mol. The van der Waals surface area contributed by atoms with Crippen molar-refractivity contribution >= 4 is 21.8 Å². The lowest BCUT2D eigenvalue weighted by Gasteiger charge is -2.17. The molecule has 17 heavy (non-hydrogen) atoms. The van der Waals surface area contributed by atoms with Crippen molar-refractivity contribution in [1.82, 2.24) is 10.6 Å². The Balaban J connectivity index is 2.43. The van der Waals surface area contributed by atoms with Gasteiger partial charge in [0.25, 0.3) is 0 Å². The summed E-state index contributed by atoms with van der Waals surface area (Å²) in [5.74, 6) is 0.0171. The van der Waals surface area contributed by atoms with Crippen molar-refractivity contribution < 1.29 is 4.79 Å². The maximum Gasteiger partial charge on any atom is 0.216 e. The van der Waals surface area contributed by atoms with Crippen molar-refractivity contribution in [3.63, 3.8) is 0 Å². The number of amides is 1. The van der Waals surface area contributed by atoms with E-state index in [4.69, 9.17) is 0 Å². The summed E-state index contributed by atoms with van der Waals surface area (Å²) in [7, 11) is 0. The third-order valence-electron chi connectivity index (χ3n) is 2.57. The highest BCUT2D eigenvalue weighted by Gasteiger charge is 2.07. The summed E-state index contributed by atoms with van der Waals surface area (Å²) in [6.07, 6.45) is 1.03. The molecular formula is C13H19BrN2O. The molecule has 0 aliphatic carbocycles. The third kappa shape index (κ3) is 5.33. The van der Waals surface area contributed by atoms with Gasteiger partial charge in [-0.15, -0.1) is 0 Å². The van der Waals surface area contributed by atoms with Crippen LogP contribution >= 0.6 is 15.9 Å². The Morgan fingerprint density at radius 1 is 1.29 bits per heavy atom. The molecule has 0 spiro atoms. The van der Waals surface area contributed by atoms with Crippen molar-refractivity contribution in [2.24, 2.45) is 0 Å². The summed E-state index contributed by atoms with van der Waals surface area (Å²) in [6, 6.07) is 8.67. The van der Waals surface area contributed by atoms with E-state index in [1.165, 1.54) is 12.5 Å². The van der Waals surface area contributed by atoms with Crippen LogP contribution in [0.3, 0.4) is 0 Å². The van der Waals surface area contributed by atoms with Gasteiger partial charge in [0.1, 0.15) is 0 Å². The predicted molar refractivity (Wildman–Crippen MR) is 73.9 cm³/mol. The fourth-order valence-corrected chi connectivity index (χ4v) is 1.94. The molecule has 2 N–H and O–H groups in total. The van der Waals surface area contributed by atoms with E-state index in [0.717, 1.165) is 17.4 Å². The van der Waals surface area contributed by atoms with E-state index in [9.17, 15) is 4.79 Å². The van der Waals surface area contributed by atoms with Crippen LogP contribution in [0.25, 0.3) is 0 Å². The molecule has 94 valence electrons. The lowest BCUT2D eigenvalue weighted by Crippen LogP contribution is -2.32. The summed E-state index contributed by atoms with van der Waals surface area (Å²) in [5, 5.41) is 6.21. The van der Waals surface area contributed by atoms with Crippen molar-refractivity contribution in [2.75, 3.05) is 13.1 Å². The Bertz CT molecular complexity index is 351. The van der Waals surface area contributed by atoms with Crippen molar-refractivity contribution in [3.8, 4) is 0 Å². The van der Waals surface area contributed by atoms with Crippen LogP contribution < -0.4 is 10.6 Å². The minimum Gasteiger partial charge on any atom is -0.355 e. The van der Waals surface area contributed by atoms with Crippen LogP contribution in [0.1, 0.15) is 31.9 Å². The van der Waals surface area contributed by atoms with E-state index in [0.29, 0.717) is 12.6 Å². The number of nitrogens with one attached hydrogen (secondary N) is 2. The SMILES string of the molecule is CCC(NCCNC(C)=O)c1ccc(Br)cc1. The second-order valence-corrected chi connectivity index (χ2v) is 4.87. The number of benzene rings is 1. The molecule has 1 aromatic rings. The average Bonchev–Trinajstić information content (AvgIpc) is 2.30. The minimum absolute atomic E-state index is 0.0171. The van der Waals surface area contributed by atoms with Gasteiger partial charge in [-0.3, -0.25) is 4.79 Å². The summed E-state index contributed by atoms with van der Waals surface area (Å²) >= 11 is 3.43. The Morgan fingerprint density at radius 2 is 1.94 bits per heavy atom. The van der Waals surface area contributed by atoms with Crippen molar-refractivity contribution in [3.05, 3.63) is 34.3 Å².